The molecule has 0 radical (unpaired) electrons. The number of anilines is 1. The summed E-state index contributed by atoms with van der Waals surface area (Å²) in [5, 5.41) is -0.284. The van der Waals surface area contributed by atoms with Crippen LogP contribution in [0.4, 0.5) is 10.5 Å². The third kappa shape index (κ3) is 5.08. The number of carbonyl (C=O) groups is 2. The fourth-order valence-corrected chi connectivity index (χ4v) is 3.62. The lowest BCUT2D eigenvalue weighted by Crippen LogP contribution is -2.33. The minimum Gasteiger partial charge on any atom is -0.329 e. The summed E-state index contributed by atoms with van der Waals surface area (Å²) >= 11 is 0.932. The average Bonchev–Trinajstić information content (AvgIpc) is 2.76. The number of amides is 2. The number of sulfonamides is 1. The quantitative estimate of drug-likeness (QED) is 0.706. The summed E-state index contributed by atoms with van der Waals surface area (Å²) in [6.45, 7) is 0.482. The van der Waals surface area contributed by atoms with Gasteiger partial charge in [0.25, 0.3) is 11.1 Å². The number of benzene rings is 1. The number of imide groups is 1. The van der Waals surface area contributed by atoms with Crippen molar-refractivity contribution in [2.75, 3.05) is 24.1 Å². The number of nitrogens with two attached hydrogens (primary N) is 1. The van der Waals surface area contributed by atoms with Crippen molar-refractivity contribution in [3.63, 3.8) is 0 Å². The van der Waals surface area contributed by atoms with Crippen LogP contribution < -0.4 is 10.5 Å². The normalized spacial score (nSPS) is 16.9. The van der Waals surface area contributed by atoms with E-state index in [9.17, 15) is 18.0 Å². The van der Waals surface area contributed by atoms with Gasteiger partial charge in [-0.15, -0.1) is 0 Å². The number of nitrogens with one attached hydrogen (secondary N) is 1. The van der Waals surface area contributed by atoms with Crippen molar-refractivity contribution < 1.29 is 18.0 Å². The van der Waals surface area contributed by atoms with Gasteiger partial charge in [0, 0.05) is 18.8 Å². The molecule has 0 aromatic heterocycles. The Morgan fingerprint density at radius 2 is 1.92 bits per heavy atom. The van der Waals surface area contributed by atoms with Gasteiger partial charge >= 0.3 is 0 Å². The summed E-state index contributed by atoms with van der Waals surface area (Å²) in [5.41, 5.74) is 6.90. The van der Waals surface area contributed by atoms with Gasteiger partial charge in [0.2, 0.25) is 10.0 Å². The molecule has 0 unspecified atom stereocenters. The van der Waals surface area contributed by atoms with Gasteiger partial charge in [-0.3, -0.25) is 19.2 Å². The van der Waals surface area contributed by atoms with Gasteiger partial charge in [0.1, 0.15) is 0 Å². The fraction of sp³-hybridized carbons (Fsp3) is 0.333. The molecular formula is C15H19N3O4S2. The van der Waals surface area contributed by atoms with Gasteiger partial charge in [-0.1, -0.05) is 18.2 Å². The van der Waals surface area contributed by atoms with Crippen molar-refractivity contribution in [1.29, 1.82) is 0 Å². The molecule has 1 saturated heterocycles. The van der Waals surface area contributed by atoms with Gasteiger partial charge in [-0.25, -0.2) is 8.42 Å². The van der Waals surface area contributed by atoms with Crippen LogP contribution in [0.5, 0.6) is 0 Å². The second-order valence-electron chi connectivity index (χ2n) is 5.29. The van der Waals surface area contributed by atoms with E-state index in [1.807, 2.05) is 12.1 Å². The van der Waals surface area contributed by atoms with Crippen LogP contribution in [0.3, 0.4) is 0 Å². The first-order valence-corrected chi connectivity index (χ1v) is 10.0. The first-order chi connectivity index (χ1) is 11.3. The molecule has 1 heterocycles. The molecule has 1 aliphatic heterocycles. The number of thioether (sulfide) groups is 1. The summed E-state index contributed by atoms with van der Waals surface area (Å²) < 4.78 is 24.7. The van der Waals surface area contributed by atoms with Crippen LogP contribution in [-0.2, 0) is 21.2 Å². The molecule has 0 atom stereocenters. The fourth-order valence-electron chi connectivity index (χ4n) is 2.18. The highest BCUT2D eigenvalue weighted by Crippen LogP contribution is 2.30. The van der Waals surface area contributed by atoms with Crippen molar-refractivity contribution in [3.05, 3.63) is 40.8 Å². The van der Waals surface area contributed by atoms with Crippen molar-refractivity contribution in [1.82, 2.24) is 4.90 Å². The van der Waals surface area contributed by atoms with Gasteiger partial charge in [0.05, 0.1) is 11.2 Å². The number of allylic oxidation sites excluding steroid dienone is 1. The van der Waals surface area contributed by atoms with Crippen molar-refractivity contribution in [2.45, 2.75) is 12.8 Å². The zero-order valence-corrected chi connectivity index (χ0v) is 14.8. The van der Waals surface area contributed by atoms with Gasteiger partial charge in [-0.2, -0.15) is 0 Å². The van der Waals surface area contributed by atoms with E-state index in [1.54, 1.807) is 18.2 Å². The van der Waals surface area contributed by atoms with Gasteiger partial charge in [-0.05, 0) is 42.3 Å². The number of hydrogen-bond acceptors (Lipinski definition) is 6. The molecule has 0 spiro atoms. The van der Waals surface area contributed by atoms with Gasteiger partial charge < -0.3 is 5.73 Å². The molecule has 2 rings (SSSR count). The summed E-state index contributed by atoms with van der Waals surface area (Å²) in [6.07, 6.45) is 4.14. The summed E-state index contributed by atoms with van der Waals surface area (Å²) in [4.78, 5) is 25.3. The molecule has 9 heteroatoms. The molecule has 0 saturated carbocycles. The molecule has 130 valence electrons. The molecule has 0 aliphatic carbocycles. The molecule has 1 aromatic carbocycles. The molecule has 1 aromatic rings. The van der Waals surface area contributed by atoms with Crippen LogP contribution in [-0.4, -0.2) is 43.8 Å². The van der Waals surface area contributed by atoms with Crippen molar-refractivity contribution in [3.8, 4) is 0 Å². The highest BCUT2D eigenvalue weighted by atomic mass is 32.2. The lowest BCUT2D eigenvalue weighted by atomic mass is 10.1. The first-order valence-electron chi connectivity index (χ1n) is 7.31. The van der Waals surface area contributed by atoms with Crippen molar-refractivity contribution in [2.24, 2.45) is 5.73 Å². The van der Waals surface area contributed by atoms with E-state index in [0.29, 0.717) is 23.4 Å². The Morgan fingerprint density at radius 3 is 2.50 bits per heavy atom. The van der Waals surface area contributed by atoms with Crippen LogP contribution in [0.1, 0.15) is 12.0 Å². The van der Waals surface area contributed by atoms with E-state index >= 15 is 0 Å². The largest absolute Gasteiger partial charge is 0.329 e. The third-order valence-electron chi connectivity index (χ3n) is 3.25. The number of aryl methyl sites for hydroxylation is 1. The molecule has 1 fully saturated rings. The molecule has 7 nitrogen and oxygen atoms in total. The molecule has 0 bridgehead atoms. The SMILES string of the molecule is CS(=O)(=O)Nc1ccc(CC/C=C2\SC(=O)N(CCN)C2=O)cc1. The Balaban J connectivity index is 1.92. The van der Waals surface area contributed by atoms with E-state index in [2.05, 4.69) is 4.72 Å². The number of hydrogen-bond donors (Lipinski definition) is 2. The highest BCUT2D eigenvalue weighted by Gasteiger charge is 2.33. The molecule has 1 aliphatic rings. The molecule has 3 N–H and O–H groups in total. The maximum Gasteiger partial charge on any atom is 0.293 e. The van der Waals surface area contributed by atoms with E-state index < -0.39 is 10.0 Å². The Kier molecular flexibility index (Phi) is 6.03. The minimum atomic E-state index is -3.28. The third-order valence-corrected chi connectivity index (χ3v) is 4.81. The second kappa shape index (κ2) is 7.82. The zero-order valence-electron chi connectivity index (χ0n) is 13.2. The Bertz CT molecular complexity index is 757. The summed E-state index contributed by atoms with van der Waals surface area (Å²) in [7, 11) is -3.28. The Hall–Kier alpha value is -1.84. The zero-order chi connectivity index (χ0) is 17.7. The van der Waals surface area contributed by atoms with E-state index in [-0.39, 0.29) is 24.2 Å². The maximum absolute atomic E-state index is 12.0. The van der Waals surface area contributed by atoms with E-state index in [4.69, 9.17) is 5.73 Å². The van der Waals surface area contributed by atoms with E-state index in [0.717, 1.165) is 28.5 Å². The number of rotatable bonds is 7. The van der Waals surface area contributed by atoms with Crippen LogP contribution in [0, 0.1) is 0 Å². The predicted molar refractivity (Wildman–Crippen MR) is 95.1 cm³/mol. The van der Waals surface area contributed by atoms with Crippen LogP contribution >= 0.6 is 11.8 Å². The maximum atomic E-state index is 12.0. The lowest BCUT2D eigenvalue weighted by molar-refractivity contribution is -0.122. The van der Waals surface area contributed by atoms with Crippen molar-refractivity contribution >= 4 is 38.6 Å². The first kappa shape index (κ1) is 18.5. The molecule has 24 heavy (non-hydrogen) atoms. The summed E-state index contributed by atoms with van der Waals surface area (Å²) in [6, 6.07) is 7.01. The lowest BCUT2D eigenvalue weighted by Gasteiger charge is -2.09. The number of carbonyl (C=O) groups excluding carboxylic acids is 2. The van der Waals surface area contributed by atoms with Crippen LogP contribution in [0.25, 0.3) is 0 Å². The molecular weight excluding hydrogens is 350 g/mol. The second-order valence-corrected chi connectivity index (χ2v) is 8.03. The monoisotopic (exact) mass is 369 g/mol. The smallest absolute Gasteiger partial charge is 0.293 e. The molecule has 2 amide bonds. The average molecular weight is 369 g/mol. The Morgan fingerprint density at radius 1 is 1.25 bits per heavy atom. The van der Waals surface area contributed by atoms with E-state index in [1.165, 1.54) is 0 Å². The standard InChI is InChI=1S/C15H19N3O4S2/c1-24(21,22)17-12-7-5-11(6-8-12)3-2-4-13-14(19)18(10-9-16)15(20)23-13/h4-8,17H,2-3,9-10,16H2,1H3/b13-4-. The minimum absolute atomic E-state index is 0.233. The highest BCUT2D eigenvalue weighted by molar-refractivity contribution is 8.18. The van der Waals surface area contributed by atoms with Gasteiger partial charge in [0.15, 0.2) is 0 Å². The predicted octanol–water partition coefficient (Wildman–Crippen LogP) is 1.53. The van der Waals surface area contributed by atoms with Crippen LogP contribution in [0.2, 0.25) is 0 Å². The summed E-state index contributed by atoms with van der Waals surface area (Å²) in [5.74, 6) is -0.289. The Labute approximate surface area is 145 Å². The topological polar surface area (TPSA) is 110 Å². The number of nitrogens with zero attached hydrogens (tertiary/aromatic N) is 1. The van der Waals surface area contributed by atoms with Crippen LogP contribution in [0.15, 0.2) is 35.2 Å².